The zero-order chi connectivity index (χ0) is 23.8. The number of hydrogen-bond donors (Lipinski definition) is 1. The van der Waals surface area contributed by atoms with Crippen LogP contribution < -0.4 is 5.73 Å². The first-order valence-electron chi connectivity index (χ1n) is 12.3. The largest absolute Gasteiger partial charge is 0.330 e. The Morgan fingerprint density at radius 1 is 0.943 bits per heavy atom. The molecule has 35 heavy (non-hydrogen) atoms. The number of benzene rings is 2. The van der Waals surface area contributed by atoms with Gasteiger partial charge in [-0.05, 0) is 57.0 Å². The van der Waals surface area contributed by atoms with Gasteiger partial charge in [-0.1, -0.05) is 48.5 Å². The van der Waals surface area contributed by atoms with Crippen molar-refractivity contribution in [2.24, 2.45) is 16.6 Å². The summed E-state index contributed by atoms with van der Waals surface area (Å²) in [5.41, 5.74) is 11.7. The highest BCUT2D eigenvalue weighted by molar-refractivity contribution is 5.91. The third-order valence-corrected chi connectivity index (χ3v) is 7.29. The first-order valence-corrected chi connectivity index (χ1v) is 12.3. The Morgan fingerprint density at radius 2 is 1.74 bits per heavy atom. The molecule has 1 aliphatic carbocycles. The number of nitrogens with two attached hydrogens (primary N) is 1. The molecule has 2 N–H and O–H groups in total. The van der Waals surface area contributed by atoms with Crippen molar-refractivity contribution in [1.82, 2.24) is 19.4 Å². The van der Waals surface area contributed by atoms with Crippen LogP contribution in [0.1, 0.15) is 37.4 Å². The summed E-state index contributed by atoms with van der Waals surface area (Å²) >= 11 is 0. The number of hydrogen-bond acceptors (Lipinski definition) is 5. The first kappa shape index (κ1) is 21.6. The minimum atomic E-state index is 0.391. The molecule has 0 amide bonds. The molecule has 0 saturated heterocycles. The summed E-state index contributed by atoms with van der Waals surface area (Å²) < 4.78 is 2.16. The van der Waals surface area contributed by atoms with Gasteiger partial charge in [0.2, 0.25) is 0 Å². The quantitative estimate of drug-likeness (QED) is 0.318. The Kier molecular flexibility index (Phi) is 5.58. The molecule has 1 fully saturated rings. The van der Waals surface area contributed by atoms with Crippen LogP contribution in [0.2, 0.25) is 0 Å². The minimum absolute atomic E-state index is 0.391. The van der Waals surface area contributed by atoms with E-state index in [1.165, 1.54) is 0 Å². The average molecular weight is 461 g/mol. The fraction of sp³-hybridized carbons (Fsp3) is 0.241. The molecule has 3 heterocycles. The fourth-order valence-corrected chi connectivity index (χ4v) is 5.34. The highest BCUT2D eigenvalue weighted by Gasteiger charge is 2.27. The molecule has 3 aromatic heterocycles. The van der Waals surface area contributed by atoms with Crippen LogP contribution in [-0.4, -0.2) is 32.6 Å². The van der Waals surface area contributed by atoms with E-state index in [0.29, 0.717) is 17.7 Å². The van der Waals surface area contributed by atoms with Crippen LogP contribution in [0, 0.1) is 5.92 Å². The third kappa shape index (κ3) is 3.90. The predicted octanol–water partition coefficient (Wildman–Crippen LogP) is 6.18. The zero-order valence-electron chi connectivity index (χ0n) is 19.6. The van der Waals surface area contributed by atoms with E-state index in [4.69, 9.17) is 15.7 Å². The second kappa shape index (κ2) is 9.04. The number of pyridine rings is 1. The van der Waals surface area contributed by atoms with Crippen molar-refractivity contribution in [3.63, 3.8) is 0 Å². The molecule has 0 spiro atoms. The molecule has 174 valence electrons. The third-order valence-electron chi connectivity index (χ3n) is 7.29. The molecule has 0 bridgehead atoms. The molecule has 6 nitrogen and oxygen atoms in total. The van der Waals surface area contributed by atoms with E-state index in [0.717, 1.165) is 77.0 Å². The van der Waals surface area contributed by atoms with Gasteiger partial charge in [0.1, 0.15) is 17.0 Å². The Labute approximate surface area is 204 Å². The number of aliphatic imine (C=N–C) groups is 1. The van der Waals surface area contributed by atoms with Gasteiger partial charge >= 0.3 is 0 Å². The van der Waals surface area contributed by atoms with Gasteiger partial charge in [0.05, 0.1) is 11.2 Å². The van der Waals surface area contributed by atoms with Crippen LogP contribution in [-0.2, 0) is 0 Å². The smallest absolute Gasteiger partial charge is 0.178 e. The molecule has 0 radical (unpaired) electrons. The summed E-state index contributed by atoms with van der Waals surface area (Å²) in [6.45, 7) is 4.54. The highest BCUT2D eigenvalue weighted by atomic mass is 15.1. The van der Waals surface area contributed by atoms with Gasteiger partial charge in [-0.25, -0.2) is 19.9 Å². The molecule has 6 rings (SSSR count). The Hall–Kier alpha value is -3.90. The summed E-state index contributed by atoms with van der Waals surface area (Å²) in [4.78, 5) is 18.9. The average Bonchev–Trinajstić information content (AvgIpc) is 3.33. The van der Waals surface area contributed by atoms with Crippen molar-refractivity contribution >= 4 is 29.0 Å². The lowest BCUT2D eigenvalue weighted by Gasteiger charge is -2.26. The van der Waals surface area contributed by atoms with Crippen LogP contribution in [0.15, 0.2) is 78.0 Å². The molecular formula is C29H28N6. The summed E-state index contributed by atoms with van der Waals surface area (Å²) in [6, 6.07) is 20.8. The number of imidazole rings is 1. The summed E-state index contributed by atoms with van der Waals surface area (Å²) in [5, 5.41) is 1.09. The summed E-state index contributed by atoms with van der Waals surface area (Å²) in [6.07, 6.45) is 8.26. The van der Waals surface area contributed by atoms with Gasteiger partial charge in [0.25, 0.3) is 0 Å². The molecule has 6 heteroatoms. The topological polar surface area (TPSA) is 81.5 Å². The van der Waals surface area contributed by atoms with Crippen molar-refractivity contribution < 1.29 is 0 Å². The van der Waals surface area contributed by atoms with Crippen LogP contribution in [0.3, 0.4) is 0 Å². The highest BCUT2D eigenvalue weighted by Crippen LogP contribution is 2.39. The van der Waals surface area contributed by atoms with E-state index in [1.807, 2.05) is 24.4 Å². The molecule has 2 aromatic carbocycles. The zero-order valence-corrected chi connectivity index (χ0v) is 19.6. The van der Waals surface area contributed by atoms with E-state index < -0.39 is 0 Å². The fourth-order valence-electron chi connectivity index (χ4n) is 5.34. The van der Waals surface area contributed by atoms with Crippen LogP contribution >= 0.6 is 0 Å². The number of nitrogens with zero attached hydrogens (tertiary/aromatic N) is 5. The molecule has 1 aliphatic rings. The van der Waals surface area contributed by atoms with Crippen molar-refractivity contribution in [3.05, 3.63) is 78.9 Å². The summed E-state index contributed by atoms with van der Waals surface area (Å²) in [7, 11) is 0. The van der Waals surface area contributed by atoms with Crippen LogP contribution in [0.25, 0.3) is 38.9 Å². The van der Waals surface area contributed by atoms with Gasteiger partial charge < -0.3 is 5.73 Å². The molecule has 1 saturated carbocycles. The van der Waals surface area contributed by atoms with Crippen molar-refractivity contribution in [2.45, 2.75) is 31.6 Å². The van der Waals surface area contributed by atoms with E-state index in [2.05, 4.69) is 63.6 Å². The van der Waals surface area contributed by atoms with Gasteiger partial charge in [0, 0.05) is 34.8 Å². The molecule has 0 aliphatic heterocycles. The van der Waals surface area contributed by atoms with Gasteiger partial charge in [0.15, 0.2) is 5.82 Å². The van der Waals surface area contributed by atoms with Crippen molar-refractivity contribution in [3.8, 4) is 22.5 Å². The first-order chi connectivity index (χ1) is 17.2. The lowest BCUT2D eigenvalue weighted by molar-refractivity contribution is 0.325. The second-order valence-electron chi connectivity index (χ2n) is 9.37. The van der Waals surface area contributed by atoms with E-state index in [1.54, 1.807) is 6.20 Å². The minimum Gasteiger partial charge on any atom is -0.330 e. The molecular weight excluding hydrogens is 432 g/mol. The van der Waals surface area contributed by atoms with Crippen molar-refractivity contribution in [2.75, 3.05) is 6.54 Å². The molecule has 0 unspecified atom stereocenters. The monoisotopic (exact) mass is 460 g/mol. The molecule has 0 atom stereocenters. The summed E-state index contributed by atoms with van der Waals surface area (Å²) in [5.74, 6) is 2.68. The Balaban J connectivity index is 1.48. The normalized spacial score (nSPS) is 18.2. The van der Waals surface area contributed by atoms with E-state index in [-0.39, 0.29) is 0 Å². The Morgan fingerprint density at radius 3 is 2.51 bits per heavy atom. The SMILES string of the molecule is C=Nc1nccn2c(C3CCC(CN)CC3)nc(-c3ccc4ccc(-c5ccccc5)nc4c3)c12. The maximum atomic E-state index is 5.93. The maximum absolute atomic E-state index is 5.93. The lowest BCUT2D eigenvalue weighted by Crippen LogP contribution is -2.21. The Bertz CT molecular complexity index is 1510. The lowest BCUT2D eigenvalue weighted by atomic mass is 9.81. The van der Waals surface area contributed by atoms with E-state index >= 15 is 0 Å². The number of aromatic nitrogens is 4. The maximum Gasteiger partial charge on any atom is 0.178 e. The van der Waals surface area contributed by atoms with Crippen LogP contribution in [0.4, 0.5) is 5.82 Å². The van der Waals surface area contributed by atoms with Crippen LogP contribution in [0.5, 0.6) is 0 Å². The van der Waals surface area contributed by atoms with Gasteiger partial charge in [-0.3, -0.25) is 4.40 Å². The second-order valence-corrected chi connectivity index (χ2v) is 9.37. The van der Waals surface area contributed by atoms with Gasteiger partial charge in [-0.2, -0.15) is 0 Å². The standard InChI is InChI=1S/C29H28N6/c1-31-28-27-26(34-29(35(27)16-15-32-28)22-9-7-19(18-30)8-10-22)23-12-11-21-13-14-24(33-25(21)17-23)20-5-3-2-4-6-20/h2-6,11-17,19,22H,1,7-10,18,30H2. The number of fused-ring (bicyclic) bond motifs is 2. The predicted molar refractivity (Wildman–Crippen MR) is 142 cm³/mol. The van der Waals surface area contributed by atoms with Gasteiger partial charge in [-0.15, -0.1) is 0 Å². The van der Waals surface area contributed by atoms with Crippen molar-refractivity contribution in [1.29, 1.82) is 0 Å². The van der Waals surface area contributed by atoms with E-state index in [9.17, 15) is 0 Å². The molecule has 5 aromatic rings. The number of rotatable bonds is 5.